The number of benzene rings is 1. The number of hydrogen-bond donors (Lipinski definition) is 0. The Bertz CT molecular complexity index is 1000. The Morgan fingerprint density at radius 2 is 1.73 bits per heavy atom. The van der Waals surface area contributed by atoms with E-state index in [-0.39, 0.29) is 4.91 Å². The topological polar surface area (TPSA) is 90.2 Å². The number of rotatable bonds is 6. The lowest BCUT2D eigenvalue weighted by molar-refractivity contribution is -0.387. The summed E-state index contributed by atoms with van der Waals surface area (Å²) in [6.45, 7) is 14.9. The van der Waals surface area contributed by atoms with Crippen molar-refractivity contribution in [2.24, 2.45) is 0 Å². The molecular weight excluding hydrogens is 400 g/mol. The van der Waals surface area contributed by atoms with E-state index in [2.05, 4.69) is 18.1 Å². The molecule has 30 heavy (non-hydrogen) atoms. The second kappa shape index (κ2) is 13.8. The zero-order chi connectivity index (χ0) is 23.2. The van der Waals surface area contributed by atoms with Gasteiger partial charge in [0.05, 0.1) is 9.83 Å². The van der Waals surface area contributed by atoms with Crippen LogP contribution in [0.15, 0.2) is 96.1 Å². The quantitative estimate of drug-likeness (QED) is 0.233. The molecule has 1 aromatic carbocycles. The molecule has 7 heteroatoms. The predicted molar refractivity (Wildman–Crippen MR) is 124 cm³/mol. The van der Waals surface area contributed by atoms with Gasteiger partial charge in [0.2, 0.25) is 9.84 Å². The Morgan fingerprint density at radius 3 is 2.17 bits per heavy atom. The maximum Gasteiger partial charge on any atom is 0.288 e. The normalized spacial score (nSPS) is 10.9. The summed E-state index contributed by atoms with van der Waals surface area (Å²) >= 11 is 0. The van der Waals surface area contributed by atoms with Crippen molar-refractivity contribution in [1.29, 1.82) is 0 Å². The van der Waals surface area contributed by atoms with Gasteiger partial charge in [0.15, 0.2) is 0 Å². The molecule has 0 N–H and O–H groups in total. The average Bonchev–Trinajstić information content (AvgIpc) is 2.78. The molecule has 0 fully saturated rings. The third kappa shape index (κ3) is 7.25. The minimum Gasteiger partial charge on any atom is -0.264 e. The van der Waals surface area contributed by atoms with E-state index < -0.39 is 25.3 Å². The summed E-state index contributed by atoms with van der Waals surface area (Å²) in [5.41, 5.74) is 0.643. The van der Waals surface area contributed by atoms with Gasteiger partial charge in [-0.25, -0.2) is 8.42 Å². The van der Waals surface area contributed by atoms with Crippen LogP contribution in [-0.2, 0) is 9.84 Å². The third-order valence-electron chi connectivity index (χ3n) is 3.57. The predicted octanol–water partition coefficient (Wildman–Crippen LogP) is 6.30. The van der Waals surface area contributed by atoms with Crippen LogP contribution in [0.4, 0.5) is 5.69 Å². The molecule has 0 saturated heterocycles. The number of sulfone groups is 1. The number of nitrogens with zero attached hydrogens (tertiary/aromatic N) is 2. The Kier molecular flexibility index (Phi) is 12.3. The van der Waals surface area contributed by atoms with Crippen LogP contribution < -0.4 is 0 Å². The van der Waals surface area contributed by atoms with Crippen molar-refractivity contribution >= 4 is 15.5 Å². The van der Waals surface area contributed by atoms with Gasteiger partial charge in [-0.3, -0.25) is 15.1 Å². The lowest BCUT2D eigenvalue weighted by Crippen LogP contribution is -2.07. The first kappa shape index (κ1) is 26.7. The highest BCUT2D eigenvalue weighted by atomic mass is 32.2. The molecule has 1 heterocycles. The first-order valence-corrected chi connectivity index (χ1v) is 10.8. The second-order valence-corrected chi connectivity index (χ2v) is 7.28. The summed E-state index contributed by atoms with van der Waals surface area (Å²) in [6, 6.07) is 7.36. The molecule has 0 bridgehead atoms. The van der Waals surface area contributed by atoms with Gasteiger partial charge in [-0.1, -0.05) is 63.4 Å². The van der Waals surface area contributed by atoms with E-state index in [1.54, 1.807) is 24.5 Å². The Hall–Kier alpha value is -3.32. The van der Waals surface area contributed by atoms with Crippen LogP contribution in [0.25, 0.3) is 11.1 Å². The smallest absolute Gasteiger partial charge is 0.264 e. The van der Waals surface area contributed by atoms with Crippen LogP contribution in [0, 0.1) is 10.1 Å². The highest BCUT2D eigenvalue weighted by Gasteiger charge is 2.28. The molecule has 0 unspecified atom stereocenters. The summed E-state index contributed by atoms with van der Waals surface area (Å²) in [4.78, 5) is 14.1. The highest BCUT2D eigenvalue weighted by Crippen LogP contribution is 2.33. The van der Waals surface area contributed by atoms with Gasteiger partial charge in [0.25, 0.3) is 5.69 Å². The Morgan fingerprint density at radius 1 is 1.10 bits per heavy atom. The van der Waals surface area contributed by atoms with Gasteiger partial charge in [0, 0.05) is 24.0 Å². The largest absolute Gasteiger partial charge is 0.288 e. The average molecular weight is 429 g/mol. The molecule has 0 aliphatic heterocycles. The van der Waals surface area contributed by atoms with E-state index in [9.17, 15) is 18.5 Å². The van der Waals surface area contributed by atoms with Crippen molar-refractivity contribution in [2.45, 2.75) is 32.6 Å². The van der Waals surface area contributed by atoms with Crippen LogP contribution in [0.1, 0.15) is 27.7 Å². The highest BCUT2D eigenvalue weighted by molar-refractivity contribution is 7.95. The molecule has 0 radical (unpaired) electrons. The maximum absolute atomic E-state index is 12.6. The minimum absolute atomic E-state index is 0.158. The van der Waals surface area contributed by atoms with E-state index in [1.807, 2.05) is 39.8 Å². The molecule has 6 nitrogen and oxygen atoms in total. The zero-order valence-electron chi connectivity index (χ0n) is 17.8. The van der Waals surface area contributed by atoms with Crippen molar-refractivity contribution in [3.8, 4) is 11.1 Å². The van der Waals surface area contributed by atoms with Crippen LogP contribution in [0.3, 0.4) is 0 Å². The lowest BCUT2D eigenvalue weighted by atomic mass is 10.1. The van der Waals surface area contributed by atoms with Gasteiger partial charge in [-0.15, -0.1) is 0 Å². The number of nitro benzene ring substituents is 1. The standard InChI is InChI=1S/C17H14N2O4S.C4H8.C2H6/c1-3-6-15(4-2)24(22,23)17-9-8-13(11-16(17)19(20)21)14-7-5-10-18-12-14;1-3-4-2;1-2/h3-12H,1-2H2;3-4H,1-2H3;1-2H3/b15-6+;4-3-;. The molecule has 2 rings (SSSR count). The van der Waals surface area contributed by atoms with Crippen LogP contribution in [0.2, 0.25) is 0 Å². The molecule has 0 atom stereocenters. The number of aromatic nitrogens is 1. The van der Waals surface area contributed by atoms with Gasteiger partial charge in [0.1, 0.15) is 4.90 Å². The second-order valence-electron chi connectivity index (χ2n) is 5.36. The molecule has 0 saturated carbocycles. The summed E-state index contributed by atoms with van der Waals surface area (Å²) in [7, 11) is -4.07. The van der Waals surface area contributed by atoms with Gasteiger partial charge >= 0.3 is 0 Å². The van der Waals surface area contributed by atoms with Crippen molar-refractivity contribution < 1.29 is 13.3 Å². The summed E-state index contributed by atoms with van der Waals surface area (Å²) in [5.74, 6) is 0. The first-order valence-electron chi connectivity index (χ1n) is 9.29. The minimum atomic E-state index is -4.07. The van der Waals surface area contributed by atoms with E-state index in [0.717, 1.165) is 6.08 Å². The number of nitro groups is 1. The van der Waals surface area contributed by atoms with Crippen molar-refractivity contribution in [2.75, 3.05) is 0 Å². The van der Waals surface area contributed by atoms with Gasteiger partial charge in [-0.2, -0.15) is 0 Å². The molecule has 0 aliphatic rings. The SMILES string of the molecule is C/C=C\C.C=C/C=C(\C=C)S(=O)(=O)c1ccc(-c2cccnc2)cc1[N+](=O)[O-].CC. The monoisotopic (exact) mass is 428 g/mol. The van der Waals surface area contributed by atoms with E-state index >= 15 is 0 Å². The molecule has 0 spiro atoms. The Balaban J connectivity index is 0.00000125. The molecule has 160 valence electrons. The van der Waals surface area contributed by atoms with Crippen LogP contribution in [-0.4, -0.2) is 18.3 Å². The molecule has 0 amide bonds. The number of allylic oxidation sites excluding steroid dienone is 5. The molecule has 1 aromatic heterocycles. The summed E-state index contributed by atoms with van der Waals surface area (Å²) in [5, 5.41) is 11.4. The van der Waals surface area contributed by atoms with E-state index in [4.69, 9.17) is 0 Å². The fourth-order valence-corrected chi connectivity index (χ4v) is 3.52. The third-order valence-corrected chi connectivity index (χ3v) is 5.41. The van der Waals surface area contributed by atoms with E-state index in [1.165, 1.54) is 30.4 Å². The fourth-order valence-electron chi connectivity index (χ4n) is 2.11. The van der Waals surface area contributed by atoms with Gasteiger partial charge in [-0.05, 0) is 37.6 Å². The maximum atomic E-state index is 12.6. The number of pyridine rings is 1. The summed E-state index contributed by atoms with van der Waals surface area (Å²) < 4.78 is 25.2. The molecule has 0 aliphatic carbocycles. The van der Waals surface area contributed by atoms with Crippen LogP contribution in [0.5, 0.6) is 0 Å². The van der Waals surface area contributed by atoms with Crippen molar-refractivity contribution in [3.05, 3.63) is 101 Å². The van der Waals surface area contributed by atoms with Crippen molar-refractivity contribution in [1.82, 2.24) is 4.98 Å². The zero-order valence-corrected chi connectivity index (χ0v) is 18.6. The van der Waals surface area contributed by atoms with Crippen molar-refractivity contribution in [3.63, 3.8) is 0 Å². The van der Waals surface area contributed by atoms with Gasteiger partial charge < -0.3 is 0 Å². The number of hydrogen-bond acceptors (Lipinski definition) is 5. The molecule has 2 aromatic rings. The Labute approximate surface area is 179 Å². The first-order chi connectivity index (χ1) is 14.3. The summed E-state index contributed by atoms with van der Waals surface area (Å²) in [6.07, 6.45) is 10.8. The molecular formula is C23H28N2O4S. The van der Waals surface area contributed by atoms with E-state index in [0.29, 0.717) is 11.1 Å². The van der Waals surface area contributed by atoms with Crippen LogP contribution >= 0.6 is 0 Å². The lowest BCUT2D eigenvalue weighted by Gasteiger charge is -2.08. The fraction of sp³-hybridized carbons (Fsp3) is 0.174.